The second kappa shape index (κ2) is 9.80. The third-order valence-corrected chi connectivity index (χ3v) is 6.05. The van der Waals surface area contributed by atoms with Gasteiger partial charge in [-0.3, -0.25) is 9.69 Å². The number of aromatic nitrogens is 1. The van der Waals surface area contributed by atoms with Crippen molar-refractivity contribution in [3.05, 3.63) is 53.9 Å². The van der Waals surface area contributed by atoms with Gasteiger partial charge in [-0.2, -0.15) is 0 Å². The summed E-state index contributed by atoms with van der Waals surface area (Å²) < 4.78 is 10.6. The van der Waals surface area contributed by atoms with Crippen LogP contribution in [-0.4, -0.2) is 62.7 Å². The van der Waals surface area contributed by atoms with E-state index >= 15 is 0 Å². The number of carbonyl (C=O) groups excluding carboxylic acids is 1. The first kappa shape index (κ1) is 21.1. The molecule has 1 aliphatic heterocycles. The number of carbonyl (C=O) groups is 1. The number of thiazole rings is 1. The van der Waals surface area contributed by atoms with E-state index in [9.17, 15) is 4.79 Å². The van der Waals surface area contributed by atoms with E-state index in [2.05, 4.69) is 44.4 Å². The summed E-state index contributed by atoms with van der Waals surface area (Å²) in [5.74, 6) is 1.27. The number of methoxy groups -OCH3 is 2. The summed E-state index contributed by atoms with van der Waals surface area (Å²) in [5, 5.41) is 5.45. The molecule has 8 heteroatoms. The van der Waals surface area contributed by atoms with Gasteiger partial charge in [0, 0.05) is 42.8 Å². The topological polar surface area (TPSA) is 66.9 Å². The number of nitrogens with one attached hydrogen (secondary N) is 1. The van der Waals surface area contributed by atoms with Crippen molar-refractivity contribution in [1.82, 2.24) is 9.88 Å². The van der Waals surface area contributed by atoms with E-state index in [1.807, 2.05) is 29.6 Å². The fourth-order valence-corrected chi connectivity index (χ4v) is 4.36. The molecule has 2 heterocycles. The van der Waals surface area contributed by atoms with Crippen LogP contribution < -0.4 is 19.7 Å². The Morgan fingerprint density at radius 3 is 2.48 bits per heavy atom. The van der Waals surface area contributed by atoms with Gasteiger partial charge in [0.05, 0.1) is 26.5 Å². The van der Waals surface area contributed by atoms with E-state index in [4.69, 9.17) is 9.47 Å². The third-order valence-electron chi connectivity index (χ3n) is 5.29. The van der Waals surface area contributed by atoms with Gasteiger partial charge in [0.1, 0.15) is 0 Å². The number of hydrogen-bond donors (Lipinski definition) is 1. The van der Waals surface area contributed by atoms with Crippen molar-refractivity contribution in [2.45, 2.75) is 0 Å². The van der Waals surface area contributed by atoms with Gasteiger partial charge >= 0.3 is 0 Å². The molecule has 0 bridgehead atoms. The highest BCUT2D eigenvalue weighted by molar-refractivity contribution is 7.14. The van der Waals surface area contributed by atoms with E-state index in [-0.39, 0.29) is 5.91 Å². The van der Waals surface area contributed by atoms with Crippen molar-refractivity contribution in [3.63, 3.8) is 0 Å². The number of ether oxygens (including phenoxy) is 2. The Balaban J connectivity index is 1.31. The molecule has 0 aliphatic carbocycles. The predicted octanol–water partition coefficient (Wildman–Crippen LogP) is 3.59. The minimum Gasteiger partial charge on any atom is -0.493 e. The summed E-state index contributed by atoms with van der Waals surface area (Å²) in [7, 11) is 3.21. The minimum absolute atomic E-state index is 0.0404. The zero-order valence-electron chi connectivity index (χ0n) is 17.7. The number of rotatable bonds is 7. The molecule has 0 unspecified atom stereocenters. The van der Waals surface area contributed by atoms with E-state index in [0.717, 1.165) is 37.4 Å². The molecule has 1 aromatic heterocycles. The Morgan fingerprint density at radius 2 is 1.77 bits per heavy atom. The molecule has 7 nitrogen and oxygen atoms in total. The highest BCUT2D eigenvalue weighted by Gasteiger charge is 2.20. The van der Waals surface area contributed by atoms with E-state index in [0.29, 0.717) is 23.2 Å². The third kappa shape index (κ3) is 5.15. The molecule has 3 aromatic rings. The van der Waals surface area contributed by atoms with Crippen molar-refractivity contribution >= 4 is 28.1 Å². The molecule has 1 fully saturated rings. The monoisotopic (exact) mass is 438 g/mol. The van der Waals surface area contributed by atoms with Gasteiger partial charge < -0.3 is 19.7 Å². The molecule has 2 aromatic carbocycles. The second-order valence-electron chi connectivity index (χ2n) is 7.25. The van der Waals surface area contributed by atoms with Crippen LogP contribution >= 0.6 is 11.3 Å². The summed E-state index contributed by atoms with van der Waals surface area (Å²) in [5.41, 5.74) is 2.93. The highest BCUT2D eigenvalue weighted by atomic mass is 32.1. The molecule has 1 amide bonds. The molecule has 0 saturated carbocycles. The SMILES string of the molecule is COc1ccc(-c2csc(NC(=O)CN3CCN(c4ccccc4)CC3)n2)cc1OC. The lowest BCUT2D eigenvalue weighted by Gasteiger charge is -2.35. The number of hydrogen-bond acceptors (Lipinski definition) is 7. The van der Waals surface area contributed by atoms with Gasteiger partial charge in [-0.1, -0.05) is 18.2 Å². The summed E-state index contributed by atoms with van der Waals surface area (Å²) in [6, 6.07) is 16.0. The zero-order valence-corrected chi connectivity index (χ0v) is 18.5. The van der Waals surface area contributed by atoms with Crippen molar-refractivity contribution in [3.8, 4) is 22.8 Å². The maximum atomic E-state index is 12.5. The Hall–Kier alpha value is -3.10. The molecular formula is C23H26N4O3S. The Labute approximate surface area is 186 Å². The second-order valence-corrected chi connectivity index (χ2v) is 8.11. The van der Waals surface area contributed by atoms with Crippen LogP contribution in [0.5, 0.6) is 11.5 Å². The fourth-order valence-electron chi connectivity index (χ4n) is 3.62. The van der Waals surface area contributed by atoms with Crippen LogP contribution in [0.25, 0.3) is 11.3 Å². The van der Waals surface area contributed by atoms with Gasteiger partial charge in [-0.15, -0.1) is 11.3 Å². The van der Waals surface area contributed by atoms with Crippen LogP contribution in [0.2, 0.25) is 0 Å². The van der Waals surface area contributed by atoms with Crippen LogP contribution in [0, 0.1) is 0 Å². The lowest BCUT2D eigenvalue weighted by atomic mass is 10.1. The zero-order chi connectivity index (χ0) is 21.6. The number of nitrogens with zero attached hydrogens (tertiary/aromatic N) is 3. The molecule has 162 valence electrons. The largest absolute Gasteiger partial charge is 0.493 e. The molecule has 31 heavy (non-hydrogen) atoms. The molecular weight excluding hydrogens is 412 g/mol. The molecule has 0 radical (unpaired) electrons. The number of piperazine rings is 1. The maximum Gasteiger partial charge on any atom is 0.240 e. The van der Waals surface area contributed by atoms with E-state index < -0.39 is 0 Å². The summed E-state index contributed by atoms with van der Waals surface area (Å²) in [6.45, 7) is 3.91. The summed E-state index contributed by atoms with van der Waals surface area (Å²) in [6.07, 6.45) is 0. The van der Waals surface area contributed by atoms with Crippen LogP contribution in [0.3, 0.4) is 0 Å². The Morgan fingerprint density at radius 1 is 1.03 bits per heavy atom. The standard InChI is InChI=1S/C23H26N4O3S/c1-29-20-9-8-17(14-21(20)30-2)19-16-31-23(24-19)25-22(28)15-26-10-12-27(13-11-26)18-6-4-3-5-7-18/h3-9,14,16H,10-13,15H2,1-2H3,(H,24,25,28). The Kier molecular flexibility index (Phi) is 6.69. The van der Waals surface area contributed by atoms with Crippen LogP contribution in [0.15, 0.2) is 53.9 Å². The first-order valence-electron chi connectivity index (χ1n) is 10.2. The number of para-hydroxylation sites is 1. The van der Waals surface area contributed by atoms with E-state index in [1.165, 1.54) is 17.0 Å². The van der Waals surface area contributed by atoms with Crippen LogP contribution in [0.4, 0.5) is 10.8 Å². The number of amides is 1. The first-order chi connectivity index (χ1) is 15.2. The van der Waals surface area contributed by atoms with Crippen molar-refractivity contribution < 1.29 is 14.3 Å². The molecule has 0 atom stereocenters. The van der Waals surface area contributed by atoms with Crippen LogP contribution in [-0.2, 0) is 4.79 Å². The molecule has 1 saturated heterocycles. The molecule has 1 aliphatic rings. The fraction of sp³-hybridized carbons (Fsp3) is 0.304. The summed E-state index contributed by atoms with van der Waals surface area (Å²) >= 11 is 1.41. The highest BCUT2D eigenvalue weighted by Crippen LogP contribution is 2.33. The minimum atomic E-state index is -0.0404. The maximum absolute atomic E-state index is 12.5. The van der Waals surface area contributed by atoms with Gasteiger partial charge in [0.2, 0.25) is 5.91 Å². The van der Waals surface area contributed by atoms with Crippen molar-refractivity contribution in [2.24, 2.45) is 0 Å². The number of anilines is 2. The molecule has 4 rings (SSSR count). The quantitative estimate of drug-likeness (QED) is 0.608. The van der Waals surface area contributed by atoms with Gasteiger partial charge in [0.15, 0.2) is 16.6 Å². The number of benzene rings is 2. The lowest BCUT2D eigenvalue weighted by Crippen LogP contribution is -2.48. The van der Waals surface area contributed by atoms with Crippen molar-refractivity contribution in [1.29, 1.82) is 0 Å². The van der Waals surface area contributed by atoms with E-state index in [1.54, 1.807) is 14.2 Å². The smallest absolute Gasteiger partial charge is 0.240 e. The Bertz CT molecular complexity index is 1020. The molecule has 0 spiro atoms. The molecule has 1 N–H and O–H groups in total. The predicted molar refractivity (Wildman–Crippen MR) is 124 cm³/mol. The van der Waals surface area contributed by atoms with Gasteiger partial charge in [-0.25, -0.2) is 4.98 Å². The summed E-state index contributed by atoms with van der Waals surface area (Å²) in [4.78, 5) is 21.6. The first-order valence-corrected chi connectivity index (χ1v) is 11.0. The van der Waals surface area contributed by atoms with Gasteiger partial charge in [-0.05, 0) is 30.3 Å². The van der Waals surface area contributed by atoms with Gasteiger partial charge in [0.25, 0.3) is 0 Å². The lowest BCUT2D eigenvalue weighted by molar-refractivity contribution is -0.117. The normalized spacial score (nSPS) is 14.3. The average Bonchev–Trinajstić information content (AvgIpc) is 3.28. The van der Waals surface area contributed by atoms with Crippen LogP contribution in [0.1, 0.15) is 0 Å². The van der Waals surface area contributed by atoms with Crippen molar-refractivity contribution in [2.75, 3.05) is 57.2 Å². The average molecular weight is 439 g/mol.